The summed E-state index contributed by atoms with van der Waals surface area (Å²) in [6.45, 7) is 5.80. The number of amides is 1. The first-order chi connectivity index (χ1) is 8.58. The zero-order chi connectivity index (χ0) is 13.1. The number of hydrogen-bond acceptors (Lipinski definition) is 2. The standard InChI is InChI=1S/C14H19ClN2O/c1-10-9-17(11(2)8-16-10)14(18)7-12-5-3-4-6-13(12)15/h3-6,10-11,16H,7-9H2,1-2H3. The molecule has 2 unspecified atom stereocenters. The zero-order valence-corrected chi connectivity index (χ0v) is 11.6. The molecule has 1 aliphatic heterocycles. The number of piperazine rings is 1. The van der Waals surface area contributed by atoms with Crippen LogP contribution in [-0.2, 0) is 11.2 Å². The Bertz CT molecular complexity index is 436. The van der Waals surface area contributed by atoms with Crippen molar-refractivity contribution < 1.29 is 4.79 Å². The van der Waals surface area contributed by atoms with Crippen LogP contribution in [0.2, 0.25) is 5.02 Å². The van der Waals surface area contributed by atoms with E-state index in [4.69, 9.17) is 11.6 Å². The molecule has 1 heterocycles. The summed E-state index contributed by atoms with van der Waals surface area (Å²) in [6.07, 6.45) is 0.386. The summed E-state index contributed by atoms with van der Waals surface area (Å²) in [6, 6.07) is 8.14. The Labute approximate surface area is 113 Å². The van der Waals surface area contributed by atoms with E-state index >= 15 is 0 Å². The second-order valence-corrected chi connectivity index (χ2v) is 5.38. The van der Waals surface area contributed by atoms with E-state index in [1.165, 1.54) is 0 Å². The van der Waals surface area contributed by atoms with Crippen molar-refractivity contribution in [2.24, 2.45) is 0 Å². The highest BCUT2D eigenvalue weighted by atomic mass is 35.5. The number of halogens is 1. The number of nitrogens with zero attached hydrogens (tertiary/aromatic N) is 1. The number of benzene rings is 1. The summed E-state index contributed by atoms with van der Waals surface area (Å²) in [7, 11) is 0. The topological polar surface area (TPSA) is 32.3 Å². The van der Waals surface area contributed by atoms with E-state index in [-0.39, 0.29) is 11.9 Å². The summed E-state index contributed by atoms with van der Waals surface area (Å²) in [5, 5.41) is 4.04. The summed E-state index contributed by atoms with van der Waals surface area (Å²) >= 11 is 6.09. The smallest absolute Gasteiger partial charge is 0.227 e. The molecule has 2 rings (SSSR count). The first-order valence-electron chi connectivity index (χ1n) is 6.34. The molecule has 1 aliphatic rings. The number of rotatable bonds is 2. The summed E-state index contributed by atoms with van der Waals surface area (Å²) in [5.74, 6) is 0.156. The predicted octanol–water partition coefficient (Wildman–Crippen LogP) is 2.09. The van der Waals surface area contributed by atoms with Gasteiger partial charge in [-0.05, 0) is 25.5 Å². The van der Waals surface area contributed by atoms with Gasteiger partial charge in [-0.2, -0.15) is 0 Å². The molecule has 1 aromatic rings. The van der Waals surface area contributed by atoms with E-state index in [1.54, 1.807) is 0 Å². The van der Waals surface area contributed by atoms with Gasteiger partial charge in [0.15, 0.2) is 0 Å². The van der Waals surface area contributed by atoms with Gasteiger partial charge in [0.1, 0.15) is 0 Å². The van der Waals surface area contributed by atoms with Gasteiger partial charge in [-0.3, -0.25) is 4.79 Å². The lowest BCUT2D eigenvalue weighted by Crippen LogP contribution is -2.56. The van der Waals surface area contributed by atoms with Crippen LogP contribution in [0.25, 0.3) is 0 Å². The molecule has 1 saturated heterocycles. The average Bonchev–Trinajstić information content (AvgIpc) is 2.35. The predicted molar refractivity (Wildman–Crippen MR) is 73.8 cm³/mol. The molecular weight excluding hydrogens is 248 g/mol. The minimum absolute atomic E-state index is 0.156. The lowest BCUT2D eigenvalue weighted by Gasteiger charge is -2.37. The molecule has 0 saturated carbocycles. The molecule has 18 heavy (non-hydrogen) atoms. The number of nitrogens with one attached hydrogen (secondary N) is 1. The molecule has 0 aromatic heterocycles. The molecule has 1 amide bonds. The van der Waals surface area contributed by atoms with Crippen molar-refractivity contribution in [2.75, 3.05) is 13.1 Å². The van der Waals surface area contributed by atoms with Gasteiger partial charge in [0.2, 0.25) is 5.91 Å². The third kappa shape index (κ3) is 3.03. The minimum Gasteiger partial charge on any atom is -0.337 e. The Morgan fingerprint density at radius 2 is 2.17 bits per heavy atom. The van der Waals surface area contributed by atoms with Gasteiger partial charge >= 0.3 is 0 Å². The van der Waals surface area contributed by atoms with Crippen LogP contribution in [0.4, 0.5) is 0 Å². The van der Waals surface area contributed by atoms with Crippen molar-refractivity contribution in [1.82, 2.24) is 10.2 Å². The van der Waals surface area contributed by atoms with Crippen LogP contribution in [0, 0.1) is 0 Å². The highest BCUT2D eigenvalue weighted by molar-refractivity contribution is 6.31. The first-order valence-corrected chi connectivity index (χ1v) is 6.72. The van der Waals surface area contributed by atoms with E-state index in [1.807, 2.05) is 29.2 Å². The number of hydrogen-bond donors (Lipinski definition) is 1. The lowest BCUT2D eigenvalue weighted by atomic mass is 10.1. The Balaban J connectivity index is 2.05. The average molecular weight is 267 g/mol. The van der Waals surface area contributed by atoms with Crippen LogP contribution < -0.4 is 5.32 Å². The van der Waals surface area contributed by atoms with E-state index < -0.39 is 0 Å². The van der Waals surface area contributed by atoms with Crippen molar-refractivity contribution in [1.29, 1.82) is 0 Å². The number of carbonyl (C=O) groups excluding carboxylic acids is 1. The maximum atomic E-state index is 12.3. The fourth-order valence-electron chi connectivity index (χ4n) is 2.28. The molecule has 0 radical (unpaired) electrons. The fourth-order valence-corrected chi connectivity index (χ4v) is 2.48. The van der Waals surface area contributed by atoms with Crippen LogP contribution in [0.3, 0.4) is 0 Å². The third-order valence-corrected chi connectivity index (χ3v) is 3.75. The van der Waals surface area contributed by atoms with Gasteiger partial charge in [-0.1, -0.05) is 29.8 Å². The van der Waals surface area contributed by atoms with Crippen molar-refractivity contribution >= 4 is 17.5 Å². The zero-order valence-electron chi connectivity index (χ0n) is 10.8. The molecule has 98 valence electrons. The molecule has 1 N–H and O–H groups in total. The molecule has 0 aliphatic carbocycles. The highest BCUT2D eigenvalue weighted by Crippen LogP contribution is 2.17. The van der Waals surface area contributed by atoms with Crippen molar-refractivity contribution in [3.63, 3.8) is 0 Å². The second-order valence-electron chi connectivity index (χ2n) is 4.97. The summed E-state index contributed by atoms with van der Waals surface area (Å²) < 4.78 is 0. The lowest BCUT2D eigenvalue weighted by molar-refractivity contribution is -0.133. The van der Waals surface area contributed by atoms with E-state index in [0.29, 0.717) is 17.5 Å². The Morgan fingerprint density at radius 1 is 1.44 bits per heavy atom. The third-order valence-electron chi connectivity index (χ3n) is 3.38. The van der Waals surface area contributed by atoms with Crippen molar-refractivity contribution in [2.45, 2.75) is 32.4 Å². The van der Waals surface area contributed by atoms with Gasteiger partial charge in [0.05, 0.1) is 6.42 Å². The van der Waals surface area contributed by atoms with Crippen molar-refractivity contribution in [3.8, 4) is 0 Å². The molecule has 0 bridgehead atoms. The molecule has 3 nitrogen and oxygen atoms in total. The molecule has 1 fully saturated rings. The second kappa shape index (κ2) is 5.72. The normalized spacial score (nSPS) is 24.1. The largest absolute Gasteiger partial charge is 0.337 e. The van der Waals surface area contributed by atoms with Gasteiger partial charge < -0.3 is 10.2 Å². The van der Waals surface area contributed by atoms with Crippen molar-refractivity contribution in [3.05, 3.63) is 34.9 Å². The van der Waals surface area contributed by atoms with Gasteiger partial charge in [-0.15, -0.1) is 0 Å². The van der Waals surface area contributed by atoms with E-state index in [9.17, 15) is 4.79 Å². The molecular formula is C14H19ClN2O. The van der Waals surface area contributed by atoms with E-state index in [0.717, 1.165) is 18.7 Å². The van der Waals surface area contributed by atoms with E-state index in [2.05, 4.69) is 19.2 Å². The fraction of sp³-hybridized carbons (Fsp3) is 0.500. The number of carbonyl (C=O) groups is 1. The molecule has 0 spiro atoms. The van der Waals surface area contributed by atoms with Gasteiger partial charge in [0.25, 0.3) is 0 Å². The monoisotopic (exact) mass is 266 g/mol. The van der Waals surface area contributed by atoms with Gasteiger partial charge in [-0.25, -0.2) is 0 Å². The maximum absolute atomic E-state index is 12.3. The molecule has 1 aromatic carbocycles. The van der Waals surface area contributed by atoms with Crippen LogP contribution in [0.1, 0.15) is 19.4 Å². The minimum atomic E-state index is 0.156. The van der Waals surface area contributed by atoms with Crippen LogP contribution in [0.5, 0.6) is 0 Å². The van der Waals surface area contributed by atoms with Crippen LogP contribution in [0.15, 0.2) is 24.3 Å². The molecule has 4 heteroatoms. The Hall–Kier alpha value is -1.06. The SMILES string of the molecule is CC1CN(C(=O)Cc2ccccc2Cl)C(C)CN1. The summed E-state index contributed by atoms with van der Waals surface area (Å²) in [4.78, 5) is 14.3. The Kier molecular flexibility index (Phi) is 4.25. The van der Waals surface area contributed by atoms with Gasteiger partial charge in [0, 0.05) is 30.2 Å². The Morgan fingerprint density at radius 3 is 2.89 bits per heavy atom. The van der Waals surface area contributed by atoms with Crippen LogP contribution >= 0.6 is 11.6 Å². The first kappa shape index (κ1) is 13.4. The molecule has 2 atom stereocenters. The van der Waals surface area contributed by atoms with Crippen LogP contribution in [-0.4, -0.2) is 36.0 Å². The maximum Gasteiger partial charge on any atom is 0.227 e. The summed E-state index contributed by atoms with van der Waals surface area (Å²) in [5.41, 5.74) is 0.905. The quantitative estimate of drug-likeness (QED) is 0.889. The highest BCUT2D eigenvalue weighted by Gasteiger charge is 2.26.